The Morgan fingerprint density at radius 3 is 2.57 bits per heavy atom. The lowest BCUT2D eigenvalue weighted by atomic mass is 9.93. The number of nitrogens with zero attached hydrogens (tertiary/aromatic N) is 1. The molecule has 1 aromatic carbocycles. The van der Waals surface area contributed by atoms with Crippen LogP contribution >= 0.6 is 12.2 Å². The van der Waals surface area contributed by atoms with Gasteiger partial charge in [-0.1, -0.05) is 49.7 Å². The molecule has 0 unspecified atom stereocenters. The molecule has 2 N–H and O–H groups in total. The predicted octanol–water partition coefficient (Wildman–Crippen LogP) is 3.45. The van der Waals surface area contributed by atoms with Gasteiger partial charge in [0.05, 0.1) is 4.99 Å². The molecule has 1 aliphatic carbocycles. The van der Waals surface area contributed by atoms with E-state index in [1.54, 1.807) is 0 Å². The minimum absolute atomic E-state index is 0.122. The molecule has 0 heterocycles. The number of hydrogen-bond donors (Lipinski definition) is 1. The van der Waals surface area contributed by atoms with Crippen LogP contribution in [0.2, 0.25) is 0 Å². The van der Waals surface area contributed by atoms with E-state index < -0.39 is 0 Å². The summed E-state index contributed by atoms with van der Waals surface area (Å²) >= 11 is 4.98. The van der Waals surface area contributed by atoms with Gasteiger partial charge in [-0.2, -0.15) is 0 Å². The van der Waals surface area contributed by atoms with E-state index in [2.05, 4.69) is 0 Å². The average Bonchev–Trinajstić information content (AvgIpc) is 2.48. The van der Waals surface area contributed by atoms with Gasteiger partial charge in [-0.15, -0.1) is 0 Å². The van der Waals surface area contributed by atoms with E-state index in [0.717, 1.165) is 24.0 Å². The number of carbonyl (C=O) groups is 1. The number of hydrogen-bond acceptors (Lipinski definition) is 2. The second kappa shape index (κ2) is 7.55. The van der Waals surface area contributed by atoms with Crippen molar-refractivity contribution in [3.63, 3.8) is 0 Å². The second-order valence-electron chi connectivity index (χ2n) is 5.82. The van der Waals surface area contributed by atoms with Crippen molar-refractivity contribution in [2.75, 3.05) is 6.54 Å². The molecule has 1 amide bonds. The number of thiocarbonyl (C=S) groups is 1. The number of aryl methyl sites for hydroxylation is 1. The van der Waals surface area contributed by atoms with E-state index >= 15 is 0 Å². The maximum absolute atomic E-state index is 12.9. The topological polar surface area (TPSA) is 46.3 Å². The van der Waals surface area contributed by atoms with Crippen molar-refractivity contribution in [1.82, 2.24) is 4.90 Å². The summed E-state index contributed by atoms with van der Waals surface area (Å²) in [6.07, 6.45) is 6.47. The smallest absolute Gasteiger partial charge is 0.254 e. The Labute approximate surface area is 132 Å². The Kier molecular flexibility index (Phi) is 5.74. The summed E-state index contributed by atoms with van der Waals surface area (Å²) in [6, 6.07) is 8.12. The zero-order chi connectivity index (χ0) is 15.2. The molecule has 4 heteroatoms. The van der Waals surface area contributed by atoms with Gasteiger partial charge in [0.2, 0.25) is 0 Å². The van der Waals surface area contributed by atoms with Crippen LogP contribution in [0.15, 0.2) is 24.3 Å². The standard InChI is InChI=1S/C17H24N2OS/c1-13-7-5-6-10-15(13)17(20)19(12-11-16(18)21)14-8-3-2-4-9-14/h5-7,10,14H,2-4,8-9,11-12H2,1H3,(H2,18,21). The number of benzene rings is 1. The summed E-state index contributed by atoms with van der Waals surface area (Å²) in [5.74, 6) is 0.122. The minimum atomic E-state index is 0.122. The van der Waals surface area contributed by atoms with E-state index in [1.807, 2.05) is 36.1 Å². The van der Waals surface area contributed by atoms with Gasteiger partial charge in [0.25, 0.3) is 5.91 Å². The van der Waals surface area contributed by atoms with Crippen LogP contribution in [-0.4, -0.2) is 28.4 Å². The molecule has 0 atom stereocenters. The lowest BCUT2D eigenvalue weighted by Crippen LogP contribution is -2.43. The molecule has 0 spiro atoms. The van der Waals surface area contributed by atoms with Gasteiger partial charge in [0, 0.05) is 24.6 Å². The van der Waals surface area contributed by atoms with Crippen LogP contribution in [0.1, 0.15) is 54.4 Å². The summed E-state index contributed by atoms with van der Waals surface area (Å²) in [6.45, 7) is 2.62. The first kappa shape index (κ1) is 16.0. The summed E-state index contributed by atoms with van der Waals surface area (Å²) in [7, 11) is 0. The molecular formula is C17H24N2OS. The third-order valence-electron chi connectivity index (χ3n) is 4.25. The highest BCUT2D eigenvalue weighted by Gasteiger charge is 2.26. The highest BCUT2D eigenvalue weighted by Crippen LogP contribution is 2.25. The Morgan fingerprint density at radius 1 is 1.29 bits per heavy atom. The van der Waals surface area contributed by atoms with Gasteiger partial charge in [-0.25, -0.2) is 0 Å². The summed E-state index contributed by atoms with van der Waals surface area (Å²) in [5, 5.41) is 0. The van der Waals surface area contributed by atoms with Crippen molar-refractivity contribution in [1.29, 1.82) is 0 Å². The minimum Gasteiger partial charge on any atom is -0.393 e. The zero-order valence-electron chi connectivity index (χ0n) is 12.7. The van der Waals surface area contributed by atoms with Gasteiger partial charge in [-0.05, 0) is 31.4 Å². The SMILES string of the molecule is Cc1ccccc1C(=O)N(CCC(N)=S)C1CCCCC1. The Morgan fingerprint density at radius 2 is 1.95 bits per heavy atom. The quantitative estimate of drug-likeness (QED) is 0.848. The first-order chi connectivity index (χ1) is 10.1. The Hall–Kier alpha value is -1.42. The second-order valence-corrected chi connectivity index (χ2v) is 6.35. The molecule has 3 nitrogen and oxygen atoms in total. The number of carbonyl (C=O) groups excluding carboxylic acids is 1. The molecular weight excluding hydrogens is 280 g/mol. The molecule has 1 saturated carbocycles. The third-order valence-corrected chi connectivity index (χ3v) is 4.46. The monoisotopic (exact) mass is 304 g/mol. The Balaban J connectivity index is 2.18. The van der Waals surface area contributed by atoms with E-state index in [9.17, 15) is 4.79 Å². The molecule has 0 bridgehead atoms. The van der Waals surface area contributed by atoms with Crippen LogP contribution in [0, 0.1) is 6.92 Å². The first-order valence-corrected chi connectivity index (χ1v) is 8.15. The van der Waals surface area contributed by atoms with Gasteiger partial charge in [0.1, 0.15) is 0 Å². The van der Waals surface area contributed by atoms with Crippen molar-refractivity contribution >= 4 is 23.1 Å². The van der Waals surface area contributed by atoms with Crippen molar-refractivity contribution in [2.24, 2.45) is 5.73 Å². The zero-order valence-corrected chi connectivity index (χ0v) is 13.5. The largest absolute Gasteiger partial charge is 0.393 e. The predicted molar refractivity (Wildman–Crippen MR) is 90.5 cm³/mol. The fourth-order valence-electron chi connectivity index (χ4n) is 3.04. The van der Waals surface area contributed by atoms with Crippen molar-refractivity contribution in [3.05, 3.63) is 35.4 Å². The molecule has 0 radical (unpaired) electrons. The number of nitrogens with two attached hydrogens (primary N) is 1. The number of amides is 1. The molecule has 114 valence electrons. The van der Waals surface area contributed by atoms with Crippen LogP contribution in [0.3, 0.4) is 0 Å². The summed E-state index contributed by atoms with van der Waals surface area (Å²) in [4.78, 5) is 15.4. The fourth-order valence-corrected chi connectivity index (χ4v) is 3.13. The average molecular weight is 304 g/mol. The first-order valence-electron chi connectivity index (χ1n) is 7.74. The van der Waals surface area contributed by atoms with Crippen LogP contribution in [0.25, 0.3) is 0 Å². The molecule has 0 saturated heterocycles. The fraction of sp³-hybridized carbons (Fsp3) is 0.529. The van der Waals surface area contributed by atoms with E-state index in [1.165, 1.54) is 19.3 Å². The van der Waals surface area contributed by atoms with Gasteiger partial charge in [0.15, 0.2) is 0 Å². The lowest BCUT2D eigenvalue weighted by molar-refractivity contribution is 0.0640. The Bertz CT molecular complexity index is 509. The molecule has 1 aliphatic rings. The van der Waals surface area contributed by atoms with Crippen molar-refractivity contribution in [2.45, 2.75) is 51.5 Å². The van der Waals surface area contributed by atoms with Gasteiger partial charge < -0.3 is 10.6 Å². The highest BCUT2D eigenvalue weighted by atomic mass is 32.1. The van der Waals surface area contributed by atoms with Crippen LogP contribution in [-0.2, 0) is 0 Å². The molecule has 0 aromatic heterocycles. The number of rotatable bonds is 5. The molecule has 1 fully saturated rings. The molecule has 0 aliphatic heterocycles. The maximum atomic E-state index is 12.9. The lowest BCUT2D eigenvalue weighted by Gasteiger charge is -2.34. The summed E-state index contributed by atoms with van der Waals surface area (Å²) in [5.41, 5.74) is 7.46. The molecule has 1 aromatic rings. The molecule has 21 heavy (non-hydrogen) atoms. The highest BCUT2D eigenvalue weighted by molar-refractivity contribution is 7.80. The maximum Gasteiger partial charge on any atom is 0.254 e. The van der Waals surface area contributed by atoms with E-state index in [0.29, 0.717) is 24.0 Å². The van der Waals surface area contributed by atoms with Crippen molar-refractivity contribution in [3.8, 4) is 0 Å². The van der Waals surface area contributed by atoms with Gasteiger partial charge in [-0.3, -0.25) is 4.79 Å². The third kappa shape index (κ3) is 4.27. The van der Waals surface area contributed by atoms with E-state index in [4.69, 9.17) is 18.0 Å². The van der Waals surface area contributed by atoms with E-state index in [-0.39, 0.29) is 5.91 Å². The normalized spacial score (nSPS) is 15.7. The van der Waals surface area contributed by atoms with Crippen LogP contribution in [0.5, 0.6) is 0 Å². The summed E-state index contributed by atoms with van der Waals surface area (Å²) < 4.78 is 0. The van der Waals surface area contributed by atoms with Gasteiger partial charge >= 0.3 is 0 Å². The van der Waals surface area contributed by atoms with Crippen LogP contribution in [0.4, 0.5) is 0 Å². The molecule has 2 rings (SSSR count). The van der Waals surface area contributed by atoms with Crippen LogP contribution < -0.4 is 5.73 Å². The van der Waals surface area contributed by atoms with Crippen molar-refractivity contribution < 1.29 is 4.79 Å².